The summed E-state index contributed by atoms with van der Waals surface area (Å²) in [5, 5.41) is 0. The molecule has 14 heavy (non-hydrogen) atoms. The van der Waals surface area contributed by atoms with E-state index in [1.165, 1.54) is 17.8 Å². The lowest BCUT2D eigenvalue weighted by atomic mass is 10.4. The Kier molecular flexibility index (Phi) is 3.06. The summed E-state index contributed by atoms with van der Waals surface area (Å²) >= 11 is 0. The molecule has 0 aliphatic carbocycles. The number of aryl methyl sites for hydroxylation is 1. The van der Waals surface area contributed by atoms with E-state index in [9.17, 15) is 14.0 Å². The Hall–Kier alpha value is -1.59. The molecule has 0 atom stereocenters. The Labute approximate surface area is 79.6 Å². The summed E-state index contributed by atoms with van der Waals surface area (Å²) in [5.74, 6) is 0. The Bertz CT molecular complexity index is 401. The summed E-state index contributed by atoms with van der Waals surface area (Å²) in [7, 11) is 1.49. The van der Waals surface area contributed by atoms with Crippen molar-refractivity contribution in [3.05, 3.63) is 27.0 Å². The summed E-state index contributed by atoms with van der Waals surface area (Å²) < 4.78 is 14.0. The molecule has 2 N–H and O–H groups in total. The lowest BCUT2D eigenvalue weighted by Crippen LogP contribution is -2.39. The van der Waals surface area contributed by atoms with E-state index in [-0.39, 0.29) is 18.7 Å². The first-order chi connectivity index (χ1) is 6.57. The highest BCUT2D eigenvalue weighted by Crippen LogP contribution is 1.89. The number of anilines is 1. The molecule has 0 saturated heterocycles. The van der Waals surface area contributed by atoms with Crippen LogP contribution in [0.2, 0.25) is 0 Å². The number of aromatic nitrogens is 2. The first-order valence-corrected chi connectivity index (χ1v) is 4.20. The van der Waals surface area contributed by atoms with Crippen LogP contribution in [-0.4, -0.2) is 15.8 Å². The zero-order valence-electron chi connectivity index (χ0n) is 7.86. The van der Waals surface area contributed by atoms with Crippen molar-refractivity contribution >= 4 is 5.69 Å². The van der Waals surface area contributed by atoms with Gasteiger partial charge in [-0.15, -0.1) is 0 Å². The van der Waals surface area contributed by atoms with Crippen LogP contribution in [0.3, 0.4) is 0 Å². The third-order valence-electron chi connectivity index (χ3n) is 1.87. The molecule has 0 aliphatic rings. The standard InChI is InChI=1S/C8H12FN3O2/c1-11-5-6(10)7(13)12(8(11)14)4-2-3-9/h5H,2-4,10H2,1H3. The minimum Gasteiger partial charge on any atom is -0.393 e. The number of nitrogens with zero attached hydrogens (tertiary/aromatic N) is 2. The van der Waals surface area contributed by atoms with Crippen LogP contribution < -0.4 is 17.0 Å². The van der Waals surface area contributed by atoms with Crippen molar-refractivity contribution in [3.8, 4) is 0 Å². The molecule has 0 spiro atoms. The lowest BCUT2D eigenvalue weighted by Gasteiger charge is -2.06. The molecule has 1 aromatic heterocycles. The number of hydrogen-bond acceptors (Lipinski definition) is 3. The summed E-state index contributed by atoms with van der Waals surface area (Å²) in [4.78, 5) is 22.7. The maximum atomic E-state index is 11.9. The molecule has 78 valence electrons. The van der Waals surface area contributed by atoms with Gasteiger partial charge in [-0.3, -0.25) is 13.8 Å². The second-order valence-electron chi connectivity index (χ2n) is 2.98. The SMILES string of the molecule is Cn1cc(N)c(=O)n(CCCF)c1=O. The summed E-state index contributed by atoms with van der Waals surface area (Å²) in [6.45, 7) is -0.503. The molecular weight excluding hydrogens is 189 g/mol. The monoisotopic (exact) mass is 201 g/mol. The minimum atomic E-state index is -0.565. The summed E-state index contributed by atoms with van der Waals surface area (Å²) in [6.07, 6.45) is 1.40. The van der Waals surface area contributed by atoms with Gasteiger partial charge in [-0.05, 0) is 6.42 Å². The molecule has 1 rings (SSSR count). The predicted octanol–water partition coefficient (Wildman–Crippen LogP) is -0.511. The van der Waals surface area contributed by atoms with Crippen molar-refractivity contribution in [1.29, 1.82) is 0 Å². The summed E-state index contributed by atoms with van der Waals surface area (Å²) in [5.41, 5.74) is 4.34. The molecule has 6 heteroatoms. The topological polar surface area (TPSA) is 70.0 Å². The molecule has 0 amide bonds. The fourth-order valence-electron chi connectivity index (χ4n) is 1.17. The number of hydrogen-bond donors (Lipinski definition) is 1. The summed E-state index contributed by atoms with van der Waals surface area (Å²) in [6, 6.07) is 0. The predicted molar refractivity (Wildman–Crippen MR) is 50.9 cm³/mol. The smallest absolute Gasteiger partial charge is 0.330 e. The molecule has 0 radical (unpaired) electrons. The van der Waals surface area contributed by atoms with Gasteiger partial charge in [-0.1, -0.05) is 0 Å². The maximum absolute atomic E-state index is 11.9. The molecule has 1 aromatic rings. The van der Waals surface area contributed by atoms with Gasteiger partial charge in [-0.25, -0.2) is 4.79 Å². The van der Waals surface area contributed by atoms with Gasteiger partial charge in [0.25, 0.3) is 5.56 Å². The number of alkyl halides is 1. The minimum absolute atomic E-state index is 0.00837. The third kappa shape index (κ3) is 1.84. The van der Waals surface area contributed by atoms with Crippen molar-refractivity contribution in [2.45, 2.75) is 13.0 Å². The Morgan fingerprint density at radius 1 is 1.50 bits per heavy atom. The van der Waals surface area contributed by atoms with Crippen LogP contribution in [-0.2, 0) is 13.6 Å². The van der Waals surface area contributed by atoms with Gasteiger partial charge in [0.15, 0.2) is 0 Å². The lowest BCUT2D eigenvalue weighted by molar-refractivity contribution is 0.435. The highest BCUT2D eigenvalue weighted by Gasteiger charge is 2.06. The van der Waals surface area contributed by atoms with Crippen molar-refractivity contribution in [1.82, 2.24) is 9.13 Å². The molecule has 0 aliphatic heterocycles. The van der Waals surface area contributed by atoms with Crippen molar-refractivity contribution in [2.75, 3.05) is 12.4 Å². The Morgan fingerprint density at radius 2 is 2.14 bits per heavy atom. The second kappa shape index (κ2) is 4.08. The quantitative estimate of drug-likeness (QED) is 0.716. The highest BCUT2D eigenvalue weighted by atomic mass is 19.1. The molecule has 0 saturated carbocycles. The van der Waals surface area contributed by atoms with E-state index in [1.807, 2.05) is 0 Å². The van der Waals surface area contributed by atoms with Gasteiger partial charge in [0, 0.05) is 19.8 Å². The number of rotatable bonds is 3. The van der Waals surface area contributed by atoms with Gasteiger partial charge in [0.05, 0.1) is 6.67 Å². The average molecular weight is 201 g/mol. The molecule has 0 bridgehead atoms. The van der Waals surface area contributed by atoms with Crippen LogP contribution in [0.1, 0.15) is 6.42 Å². The second-order valence-corrected chi connectivity index (χ2v) is 2.98. The Balaban J connectivity index is 3.26. The normalized spacial score (nSPS) is 10.4. The van der Waals surface area contributed by atoms with E-state index in [1.54, 1.807) is 0 Å². The number of halogens is 1. The maximum Gasteiger partial charge on any atom is 0.330 e. The molecule has 0 fully saturated rings. The van der Waals surface area contributed by atoms with Crippen molar-refractivity contribution in [2.24, 2.45) is 7.05 Å². The van der Waals surface area contributed by atoms with E-state index >= 15 is 0 Å². The van der Waals surface area contributed by atoms with Gasteiger partial charge in [0.2, 0.25) is 0 Å². The highest BCUT2D eigenvalue weighted by molar-refractivity contribution is 5.30. The average Bonchev–Trinajstić information content (AvgIpc) is 2.15. The fraction of sp³-hybridized carbons (Fsp3) is 0.500. The molecule has 0 aromatic carbocycles. The van der Waals surface area contributed by atoms with Gasteiger partial charge >= 0.3 is 5.69 Å². The van der Waals surface area contributed by atoms with E-state index < -0.39 is 17.9 Å². The number of nitrogen functional groups attached to an aromatic ring is 1. The first-order valence-electron chi connectivity index (χ1n) is 4.20. The van der Waals surface area contributed by atoms with Crippen LogP contribution >= 0.6 is 0 Å². The van der Waals surface area contributed by atoms with Crippen LogP contribution in [0, 0.1) is 0 Å². The first kappa shape index (κ1) is 10.5. The zero-order valence-corrected chi connectivity index (χ0v) is 7.86. The zero-order chi connectivity index (χ0) is 10.7. The van der Waals surface area contributed by atoms with Crippen molar-refractivity contribution < 1.29 is 4.39 Å². The van der Waals surface area contributed by atoms with Gasteiger partial charge in [0.1, 0.15) is 5.69 Å². The fourth-order valence-corrected chi connectivity index (χ4v) is 1.17. The Morgan fingerprint density at radius 3 is 2.71 bits per heavy atom. The van der Waals surface area contributed by atoms with Crippen LogP contribution in [0.5, 0.6) is 0 Å². The third-order valence-corrected chi connectivity index (χ3v) is 1.87. The van der Waals surface area contributed by atoms with Gasteiger partial charge < -0.3 is 10.3 Å². The van der Waals surface area contributed by atoms with E-state index in [0.717, 1.165) is 4.57 Å². The number of nitrogens with two attached hydrogens (primary N) is 1. The molecular formula is C8H12FN3O2. The van der Waals surface area contributed by atoms with E-state index in [4.69, 9.17) is 5.73 Å². The molecule has 0 unspecified atom stereocenters. The molecule has 5 nitrogen and oxygen atoms in total. The van der Waals surface area contributed by atoms with E-state index in [2.05, 4.69) is 0 Å². The van der Waals surface area contributed by atoms with Crippen LogP contribution in [0.25, 0.3) is 0 Å². The van der Waals surface area contributed by atoms with Crippen LogP contribution in [0.4, 0.5) is 10.1 Å². The van der Waals surface area contributed by atoms with Crippen LogP contribution in [0.15, 0.2) is 15.8 Å². The largest absolute Gasteiger partial charge is 0.393 e. The van der Waals surface area contributed by atoms with E-state index in [0.29, 0.717) is 0 Å². The molecule has 1 heterocycles. The van der Waals surface area contributed by atoms with Gasteiger partial charge in [-0.2, -0.15) is 0 Å². The van der Waals surface area contributed by atoms with Crippen molar-refractivity contribution in [3.63, 3.8) is 0 Å².